The van der Waals surface area contributed by atoms with Crippen LogP contribution in [0.15, 0.2) is 51.9 Å². The van der Waals surface area contributed by atoms with Gasteiger partial charge in [-0.05, 0) is 35.2 Å². The van der Waals surface area contributed by atoms with Crippen molar-refractivity contribution >= 4 is 45.6 Å². The van der Waals surface area contributed by atoms with Crippen LogP contribution in [0.4, 0.5) is 18.9 Å². The first-order valence-electron chi connectivity index (χ1n) is 9.20. The number of hydrogen-bond acceptors (Lipinski definition) is 5. The predicted molar refractivity (Wildman–Crippen MR) is 114 cm³/mol. The summed E-state index contributed by atoms with van der Waals surface area (Å²) in [4.78, 5) is 24.3. The third-order valence-electron chi connectivity index (χ3n) is 5.08. The normalized spacial score (nSPS) is 14.2. The van der Waals surface area contributed by atoms with Crippen molar-refractivity contribution in [3.05, 3.63) is 68.6 Å². The van der Waals surface area contributed by atoms with E-state index < -0.39 is 35.1 Å². The third-order valence-corrected chi connectivity index (χ3v) is 5.90. The van der Waals surface area contributed by atoms with Gasteiger partial charge in [-0.25, -0.2) is 4.79 Å². The molecular weight excluding hydrogens is 472 g/mol. The number of rotatable bonds is 5. The van der Waals surface area contributed by atoms with Crippen molar-refractivity contribution in [2.24, 2.45) is 0 Å². The smallest absolute Gasteiger partial charge is 0.373 e. The molecule has 1 unspecified atom stereocenters. The minimum absolute atomic E-state index is 0.0324. The summed E-state index contributed by atoms with van der Waals surface area (Å²) in [5.74, 6) is -1.69. The lowest BCUT2D eigenvalue weighted by atomic mass is 9.74. The van der Waals surface area contributed by atoms with Crippen molar-refractivity contribution < 1.29 is 27.6 Å². The second-order valence-electron chi connectivity index (χ2n) is 7.89. The number of alkyl halides is 3. The lowest BCUT2D eigenvalue weighted by Crippen LogP contribution is -2.57. The summed E-state index contributed by atoms with van der Waals surface area (Å²) in [6, 6.07) is 8.18. The average Bonchev–Trinajstić information content (AvgIpc) is 2.68. The quantitative estimate of drug-likeness (QED) is 0.521. The van der Waals surface area contributed by atoms with E-state index in [2.05, 4.69) is 15.0 Å². The summed E-state index contributed by atoms with van der Waals surface area (Å²) in [6.07, 6.45) is -5.17. The SMILES string of the molecule is CC(C)(CC(O)(C(=O)Nc1ccc2c(=O)oncc2c1)C(F)(F)F)c1cccc(Cl)c1Cl. The molecule has 0 aliphatic heterocycles. The van der Waals surface area contributed by atoms with Gasteiger partial charge < -0.3 is 14.9 Å². The van der Waals surface area contributed by atoms with Crippen LogP contribution >= 0.6 is 23.2 Å². The Morgan fingerprint density at radius 1 is 1.19 bits per heavy atom. The fourth-order valence-electron chi connectivity index (χ4n) is 3.42. The highest BCUT2D eigenvalue weighted by atomic mass is 35.5. The number of fused-ring (bicyclic) bond motifs is 1. The first-order chi connectivity index (χ1) is 14.8. The first-order valence-corrected chi connectivity index (χ1v) is 9.96. The van der Waals surface area contributed by atoms with Crippen LogP contribution in [0, 0.1) is 0 Å². The van der Waals surface area contributed by atoms with Crippen LogP contribution < -0.4 is 10.9 Å². The lowest BCUT2D eigenvalue weighted by Gasteiger charge is -2.37. The van der Waals surface area contributed by atoms with Gasteiger partial charge in [0.25, 0.3) is 5.91 Å². The Hall–Kier alpha value is -2.62. The molecule has 0 radical (unpaired) electrons. The first kappa shape index (κ1) is 24.0. The second kappa shape index (κ2) is 8.38. The summed E-state index contributed by atoms with van der Waals surface area (Å²) in [5.41, 5.74) is -5.73. The molecule has 2 N–H and O–H groups in total. The fraction of sp³-hybridized carbons (Fsp3) is 0.286. The van der Waals surface area contributed by atoms with Gasteiger partial charge in [0.1, 0.15) is 0 Å². The molecule has 0 fully saturated rings. The standard InChI is InChI=1S/C21H17Cl2F3N2O4/c1-19(2,14-4-3-5-15(22)16(14)23)10-20(31,21(24,25)26)18(30)28-12-6-7-13-11(8-12)9-27-32-17(13)29/h3-9,31H,10H2,1-2H3,(H,28,30). The Labute approximate surface area is 189 Å². The number of carbonyl (C=O) groups excluding carboxylic acids is 1. The summed E-state index contributed by atoms with van der Waals surface area (Å²) in [5, 5.41) is 16.6. The van der Waals surface area contributed by atoms with E-state index in [1.54, 1.807) is 0 Å². The number of benzene rings is 2. The maximum Gasteiger partial charge on any atom is 0.426 e. The van der Waals surface area contributed by atoms with Crippen molar-refractivity contribution in [3.8, 4) is 0 Å². The summed E-state index contributed by atoms with van der Waals surface area (Å²) >= 11 is 12.1. The molecule has 3 rings (SSSR count). The molecule has 0 saturated carbocycles. The minimum Gasteiger partial charge on any atom is -0.373 e. The van der Waals surface area contributed by atoms with Gasteiger partial charge >= 0.3 is 11.8 Å². The van der Waals surface area contributed by atoms with Crippen LogP contribution in [0.25, 0.3) is 10.8 Å². The van der Waals surface area contributed by atoms with Crippen LogP contribution in [-0.2, 0) is 10.2 Å². The molecule has 0 aliphatic carbocycles. The Morgan fingerprint density at radius 2 is 1.88 bits per heavy atom. The number of halogens is 5. The van der Waals surface area contributed by atoms with Crippen molar-refractivity contribution in [1.29, 1.82) is 0 Å². The van der Waals surface area contributed by atoms with Crippen LogP contribution in [0.5, 0.6) is 0 Å². The van der Waals surface area contributed by atoms with Gasteiger partial charge in [-0.2, -0.15) is 13.2 Å². The van der Waals surface area contributed by atoms with E-state index in [1.807, 2.05) is 0 Å². The maximum absolute atomic E-state index is 14.0. The molecule has 1 amide bonds. The molecule has 2 aromatic carbocycles. The number of aliphatic hydroxyl groups is 1. The number of carbonyl (C=O) groups is 1. The highest BCUT2D eigenvalue weighted by molar-refractivity contribution is 6.42. The third kappa shape index (κ3) is 4.46. The molecule has 1 aromatic heterocycles. The van der Waals surface area contributed by atoms with Crippen molar-refractivity contribution in [2.75, 3.05) is 5.32 Å². The fourth-order valence-corrected chi connectivity index (χ4v) is 3.97. The number of hydrogen-bond donors (Lipinski definition) is 2. The largest absolute Gasteiger partial charge is 0.426 e. The maximum atomic E-state index is 14.0. The van der Waals surface area contributed by atoms with E-state index in [-0.39, 0.29) is 32.1 Å². The van der Waals surface area contributed by atoms with Crippen LogP contribution in [0.2, 0.25) is 10.0 Å². The molecule has 32 heavy (non-hydrogen) atoms. The van der Waals surface area contributed by atoms with Gasteiger partial charge in [-0.3, -0.25) is 4.79 Å². The number of amides is 1. The van der Waals surface area contributed by atoms with E-state index in [0.29, 0.717) is 0 Å². The van der Waals surface area contributed by atoms with Crippen LogP contribution in [-0.4, -0.2) is 27.9 Å². The van der Waals surface area contributed by atoms with Gasteiger partial charge in [0, 0.05) is 17.5 Å². The highest BCUT2D eigenvalue weighted by Crippen LogP contribution is 2.44. The zero-order valence-electron chi connectivity index (χ0n) is 16.8. The zero-order chi connectivity index (χ0) is 23.9. The summed E-state index contributed by atoms with van der Waals surface area (Å²) in [7, 11) is 0. The van der Waals surface area contributed by atoms with Crippen LogP contribution in [0.1, 0.15) is 25.8 Å². The molecule has 170 valence electrons. The average molecular weight is 489 g/mol. The Bertz CT molecular complexity index is 1240. The summed E-state index contributed by atoms with van der Waals surface area (Å²) < 4.78 is 46.3. The Kier molecular flexibility index (Phi) is 6.29. The number of nitrogens with zero attached hydrogens (tertiary/aromatic N) is 1. The van der Waals surface area contributed by atoms with E-state index in [1.165, 1.54) is 56.4 Å². The molecule has 0 spiro atoms. The van der Waals surface area contributed by atoms with Gasteiger partial charge in [-0.15, -0.1) is 0 Å². The van der Waals surface area contributed by atoms with Gasteiger partial charge in [0.2, 0.25) is 5.60 Å². The van der Waals surface area contributed by atoms with Gasteiger partial charge in [-0.1, -0.05) is 54.3 Å². The molecule has 3 aromatic rings. The highest BCUT2D eigenvalue weighted by Gasteiger charge is 2.61. The Morgan fingerprint density at radius 3 is 2.53 bits per heavy atom. The lowest BCUT2D eigenvalue weighted by molar-refractivity contribution is -0.254. The monoisotopic (exact) mass is 488 g/mol. The van der Waals surface area contributed by atoms with Crippen molar-refractivity contribution in [3.63, 3.8) is 0 Å². The van der Waals surface area contributed by atoms with Crippen LogP contribution in [0.3, 0.4) is 0 Å². The minimum atomic E-state index is -5.31. The number of anilines is 1. The number of nitrogens with one attached hydrogen (secondary N) is 1. The van der Waals surface area contributed by atoms with E-state index in [4.69, 9.17) is 23.2 Å². The van der Waals surface area contributed by atoms with Gasteiger partial charge in [0.05, 0.1) is 21.6 Å². The van der Waals surface area contributed by atoms with E-state index in [9.17, 15) is 27.9 Å². The number of aromatic nitrogens is 1. The summed E-state index contributed by atoms with van der Waals surface area (Å²) in [6.45, 7) is 2.82. The molecule has 1 heterocycles. The molecule has 1 atom stereocenters. The van der Waals surface area contributed by atoms with E-state index >= 15 is 0 Å². The topological polar surface area (TPSA) is 92.4 Å². The molecule has 11 heteroatoms. The zero-order valence-corrected chi connectivity index (χ0v) is 18.3. The van der Waals surface area contributed by atoms with Crippen molar-refractivity contribution in [2.45, 2.75) is 37.5 Å². The molecule has 0 aliphatic rings. The van der Waals surface area contributed by atoms with Crippen molar-refractivity contribution in [1.82, 2.24) is 5.16 Å². The molecule has 6 nitrogen and oxygen atoms in total. The van der Waals surface area contributed by atoms with Gasteiger partial charge in [0.15, 0.2) is 0 Å². The predicted octanol–water partition coefficient (Wildman–Crippen LogP) is 5.09. The Balaban J connectivity index is 1.97. The molecular formula is C21H17Cl2F3N2O4. The second-order valence-corrected chi connectivity index (χ2v) is 8.67. The molecule has 0 bridgehead atoms. The van der Waals surface area contributed by atoms with E-state index in [0.717, 1.165) is 0 Å². The molecule has 0 saturated heterocycles.